The molecule has 0 spiro atoms. The number of amides is 1. The summed E-state index contributed by atoms with van der Waals surface area (Å²) in [5.74, 6) is 0.170. The van der Waals surface area contributed by atoms with Crippen molar-refractivity contribution in [3.05, 3.63) is 40.4 Å². The van der Waals surface area contributed by atoms with Crippen molar-refractivity contribution in [1.82, 2.24) is 10.2 Å². The Hall–Kier alpha value is -1.95. The summed E-state index contributed by atoms with van der Waals surface area (Å²) in [6.45, 7) is 4.97. The van der Waals surface area contributed by atoms with Gasteiger partial charge in [0.05, 0.1) is 0 Å². The van der Waals surface area contributed by atoms with E-state index in [1.807, 2.05) is 12.1 Å². The van der Waals surface area contributed by atoms with Crippen molar-refractivity contribution in [2.24, 2.45) is 11.7 Å². The minimum absolute atomic E-state index is 0.410. The molecule has 6 heteroatoms. The monoisotopic (exact) mass is 290 g/mol. The maximum absolute atomic E-state index is 11.0. The highest BCUT2D eigenvalue weighted by atomic mass is 32.1. The van der Waals surface area contributed by atoms with Gasteiger partial charge < -0.3 is 11.1 Å². The lowest BCUT2D eigenvalue weighted by Crippen LogP contribution is -2.10. The quantitative estimate of drug-likeness (QED) is 0.856. The average Bonchev–Trinajstić information content (AvgIpc) is 2.83. The van der Waals surface area contributed by atoms with Crippen molar-refractivity contribution >= 4 is 22.4 Å². The van der Waals surface area contributed by atoms with Gasteiger partial charge in [-0.2, -0.15) is 0 Å². The highest BCUT2D eigenvalue weighted by molar-refractivity contribution is 7.15. The fourth-order valence-corrected chi connectivity index (χ4v) is 2.67. The van der Waals surface area contributed by atoms with E-state index in [2.05, 4.69) is 29.4 Å². The van der Waals surface area contributed by atoms with Crippen LogP contribution in [0.5, 0.6) is 0 Å². The minimum Gasteiger partial charge on any atom is -0.366 e. The second kappa shape index (κ2) is 6.47. The van der Waals surface area contributed by atoms with Crippen molar-refractivity contribution in [2.45, 2.75) is 26.8 Å². The molecule has 1 heterocycles. The first kappa shape index (κ1) is 14.5. The average molecular weight is 290 g/mol. The van der Waals surface area contributed by atoms with Crippen molar-refractivity contribution in [3.8, 4) is 0 Å². The van der Waals surface area contributed by atoms with Crippen LogP contribution in [0.2, 0.25) is 0 Å². The minimum atomic E-state index is -0.410. The Labute approximate surface area is 122 Å². The number of rotatable bonds is 6. The molecule has 0 atom stereocenters. The van der Waals surface area contributed by atoms with Gasteiger partial charge in [0.25, 0.3) is 0 Å². The zero-order valence-electron chi connectivity index (χ0n) is 11.6. The van der Waals surface area contributed by atoms with Gasteiger partial charge in [0.1, 0.15) is 5.01 Å². The van der Waals surface area contributed by atoms with Crippen molar-refractivity contribution in [3.63, 3.8) is 0 Å². The number of carbonyl (C=O) groups excluding carboxylic acids is 1. The first-order valence-corrected chi connectivity index (χ1v) is 7.31. The first-order chi connectivity index (χ1) is 9.54. The van der Waals surface area contributed by atoms with E-state index >= 15 is 0 Å². The number of anilines is 1. The Morgan fingerprint density at radius 1 is 1.30 bits per heavy atom. The molecule has 2 aromatic rings. The molecule has 1 aromatic carbocycles. The molecule has 0 aliphatic rings. The molecule has 0 saturated heterocycles. The number of hydrogen-bond acceptors (Lipinski definition) is 5. The fraction of sp³-hybridized carbons (Fsp3) is 0.357. The Bertz CT molecular complexity index is 577. The lowest BCUT2D eigenvalue weighted by Gasteiger charge is -2.03. The van der Waals surface area contributed by atoms with Crippen molar-refractivity contribution in [2.75, 3.05) is 5.32 Å². The van der Waals surface area contributed by atoms with Gasteiger partial charge >= 0.3 is 0 Å². The molecule has 0 aliphatic carbocycles. The Morgan fingerprint density at radius 2 is 2.00 bits per heavy atom. The van der Waals surface area contributed by atoms with Crippen LogP contribution in [0.25, 0.3) is 0 Å². The van der Waals surface area contributed by atoms with E-state index in [0.29, 0.717) is 18.0 Å². The van der Waals surface area contributed by atoms with E-state index in [0.717, 1.165) is 22.1 Å². The van der Waals surface area contributed by atoms with Crippen LogP contribution in [-0.2, 0) is 13.0 Å². The van der Waals surface area contributed by atoms with Gasteiger partial charge in [0, 0.05) is 18.5 Å². The second-order valence-corrected chi connectivity index (χ2v) is 6.08. The molecule has 106 valence electrons. The smallest absolute Gasteiger partial charge is 0.248 e. The zero-order chi connectivity index (χ0) is 14.5. The third kappa shape index (κ3) is 4.03. The van der Waals surface area contributed by atoms with Crippen molar-refractivity contribution < 1.29 is 4.79 Å². The zero-order valence-corrected chi connectivity index (χ0v) is 12.4. The number of primary amides is 1. The molecule has 0 unspecified atom stereocenters. The largest absolute Gasteiger partial charge is 0.366 e. The van der Waals surface area contributed by atoms with Gasteiger partial charge in [-0.1, -0.05) is 37.3 Å². The van der Waals surface area contributed by atoms with Gasteiger partial charge in [0.15, 0.2) is 0 Å². The van der Waals surface area contributed by atoms with Gasteiger partial charge in [-0.15, -0.1) is 10.2 Å². The first-order valence-electron chi connectivity index (χ1n) is 6.49. The number of nitrogens with one attached hydrogen (secondary N) is 1. The van der Waals surface area contributed by atoms with Crippen LogP contribution >= 0.6 is 11.3 Å². The van der Waals surface area contributed by atoms with Crippen LogP contribution in [0.1, 0.15) is 34.8 Å². The molecular weight excluding hydrogens is 272 g/mol. The van der Waals surface area contributed by atoms with Gasteiger partial charge in [-0.3, -0.25) is 4.79 Å². The summed E-state index contributed by atoms with van der Waals surface area (Å²) < 4.78 is 0. The molecule has 0 aliphatic heterocycles. The van der Waals surface area contributed by atoms with Crippen LogP contribution in [0.4, 0.5) is 5.13 Å². The molecule has 20 heavy (non-hydrogen) atoms. The van der Waals surface area contributed by atoms with E-state index in [-0.39, 0.29) is 0 Å². The normalized spacial score (nSPS) is 10.8. The number of benzene rings is 1. The standard InChI is InChI=1S/C14H18N4OS/c1-9(2)7-12-17-18-14(20-12)16-8-10-3-5-11(6-4-10)13(15)19/h3-6,9H,7-8H2,1-2H3,(H2,15,19)(H,16,18). The molecule has 0 saturated carbocycles. The summed E-state index contributed by atoms with van der Waals surface area (Å²) in [6.07, 6.45) is 0.951. The highest BCUT2D eigenvalue weighted by Gasteiger charge is 2.06. The second-order valence-electron chi connectivity index (χ2n) is 5.01. The third-order valence-electron chi connectivity index (χ3n) is 2.73. The summed E-state index contributed by atoms with van der Waals surface area (Å²) in [5.41, 5.74) is 6.78. The number of nitrogens with two attached hydrogens (primary N) is 1. The molecule has 2 rings (SSSR count). The predicted octanol–water partition coefficient (Wildman–Crippen LogP) is 2.45. The molecule has 0 bridgehead atoms. The van der Waals surface area contributed by atoms with Crippen LogP contribution in [-0.4, -0.2) is 16.1 Å². The summed E-state index contributed by atoms with van der Waals surface area (Å²) in [7, 11) is 0. The van der Waals surface area contributed by atoms with Crippen LogP contribution in [0.15, 0.2) is 24.3 Å². The van der Waals surface area contributed by atoms with Gasteiger partial charge in [-0.05, 0) is 23.6 Å². The van der Waals surface area contributed by atoms with E-state index < -0.39 is 5.91 Å². The lowest BCUT2D eigenvalue weighted by molar-refractivity contribution is 0.100. The number of hydrogen-bond donors (Lipinski definition) is 2. The molecule has 1 aromatic heterocycles. The maximum atomic E-state index is 11.0. The third-order valence-corrected chi connectivity index (χ3v) is 3.64. The van der Waals surface area contributed by atoms with Crippen molar-refractivity contribution in [1.29, 1.82) is 0 Å². The van der Waals surface area contributed by atoms with Gasteiger partial charge in [0.2, 0.25) is 11.0 Å². The number of aromatic nitrogens is 2. The lowest BCUT2D eigenvalue weighted by atomic mass is 10.1. The summed E-state index contributed by atoms with van der Waals surface area (Å²) in [5, 5.41) is 13.4. The Balaban J connectivity index is 1.91. The molecule has 1 amide bonds. The predicted molar refractivity (Wildman–Crippen MR) is 80.7 cm³/mol. The number of nitrogens with zero attached hydrogens (tertiary/aromatic N) is 2. The van der Waals surface area contributed by atoms with E-state index in [1.165, 1.54) is 0 Å². The molecule has 0 radical (unpaired) electrons. The topological polar surface area (TPSA) is 80.9 Å². The molecular formula is C14H18N4OS. The van der Waals surface area contributed by atoms with Crippen LogP contribution in [0, 0.1) is 5.92 Å². The Kier molecular flexibility index (Phi) is 4.68. The maximum Gasteiger partial charge on any atom is 0.248 e. The highest BCUT2D eigenvalue weighted by Crippen LogP contribution is 2.19. The summed E-state index contributed by atoms with van der Waals surface area (Å²) in [4.78, 5) is 11.0. The SMILES string of the molecule is CC(C)Cc1nnc(NCc2ccc(C(N)=O)cc2)s1. The van der Waals surface area contributed by atoms with Crippen LogP contribution in [0.3, 0.4) is 0 Å². The van der Waals surface area contributed by atoms with E-state index in [1.54, 1.807) is 23.5 Å². The summed E-state index contributed by atoms with van der Waals surface area (Å²) >= 11 is 1.58. The Morgan fingerprint density at radius 3 is 2.60 bits per heavy atom. The van der Waals surface area contributed by atoms with Gasteiger partial charge in [-0.25, -0.2) is 0 Å². The molecule has 0 fully saturated rings. The van der Waals surface area contributed by atoms with E-state index in [9.17, 15) is 4.79 Å². The van der Waals surface area contributed by atoms with E-state index in [4.69, 9.17) is 5.73 Å². The van der Waals surface area contributed by atoms with Crippen LogP contribution < -0.4 is 11.1 Å². The number of carbonyl (C=O) groups is 1. The molecule has 5 nitrogen and oxygen atoms in total. The molecule has 3 N–H and O–H groups in total. The summed E-state index contributed by atoms with van der Waals surface area (Å²) in [6, 6.07) is 7.21. The fourth-order valence-electron chi connectivity index (χ4n) is 1.72.